The number of anilines is 1. The molecule has 3 aromatic heterocycles. The third-order valence-electron chi connectivity index (χ3n) is 17.6. The molecule has 5 saturated heterocycles. The van der Waals surface area contributed by atoms with Crippen molar-refractivity contribution in [1.29, 1.82) is 0 Å². The van der Waals surface area contributed by atoms with Crippen LogP contribution in [0, 0.1) is 24.1 Å². The van der Waals surface area contributed by atoms with Crippen molar-refractivity contribution < 1.29 is 33.7 Å². The number of phenols is 1. The van der Waals surface area contributed by atoms with E-state index in [9.17, 15) is 24.6 Å². The summed E-state index contributed by atoms with van der Waals surface area (Å²) in [7, 11) is 0. The molecule has 17 nitrogen and oxygen atoms in total. The number of nitrogens with zero attached hydrogens (tertiary/aromatic N) is 8. The summed E-state index contributed by atoms with van der Waals surface area (Å²) in [5.41, 5.74) is 5.97. The van der Waals surface area contributed by atoms with Crippen LogP contribution in [0.25, 0.3) is 43.4 Å². The van der Waals surface area contributed by atoms with Crippen molar-refractivity contribution in [1.82, 2.24) is 50.6 Å². The number of aliphatic hydroxyl groups excluding tert-OH is 1. The Morgan fingerprint density at radius 1 is 0.951 bits per heavy atom. The number of β-amino-alcohol motifs (C(OH)–C–C–N with tert-alkyl or cyclic N) is 1. The number of pyridine rings is 1. The first-order chi connectivity index (χ1) is 39.1. The highest BCUT2D eigenvalue weighted by Gasteiger charge is 2.45. The lowest BCUT2D eigenvalue weighted by molar-refractivity contribution is -0.144. The second kappa shape index (κ2) is 24.2. The van der Waals surface area contributed by atoms with E-state index in [-0.39, 0.29) is 72.7 Å². The fourth-order valence-corrected chi connectivity index (χ4v) is 13.9. The van der Waals surface area contributed by atoms with E-state index in [1.54, 1.807) is 29.7 Å². The van der Waals surface area contributed by atoms with Gasteiger partial charge < -0.3 is 45.6 Å². The Morgan fingerprint density at radius 2 is 1.73 bits per heavy atom. The van der Waals surface area contributed by atoms with Gasteiger partial charge in [-0.3, -0.25) is 24.3 Å². The van der Waals surface area contributed by atoms with Crippen LogP contribution in [0.5, 0.6) is 11.8 Å². The summed E-state index contributed by atoms with van der Waals surface area (Å²) >= 11 is 1.58. The molecule has 0 saturated carbocycles. The molecule has 5 aliphatic rings. The molecule has 8 heterocycles. The van der Waals surface area contributed by atoms with E-state index < -0.39 is 29.4 Å². The first kappa shape index (κ1) is 56.5. The number of piperazine rings is 1. The maximum Gasteiger partial charge on any atom is 0.319 e. The highest BCUT2D eigenvalue weighted by molar-refractivity contribution is 7.13. The van der Waals surface area contributed by atoms with Crippen molar-refractivity contribution in [3.05, 3.63) is 88.9 Å². The second-order valence-corrected chi connectivity index (χ2v) is 25.2. The van der Waals surface area contributed by atoms with E-state index in [4.69, 9.17) is 19.7 Å². The lowest BCUT2D eigenvalue weighted by Crippen LogP contribution is -2.58. The number of carbonyl (C=O) groups is 3. The number of hydrogen-bond donors (Lipinski definition) is 5. The van der Waals surface area contributed by atoms with Crippen molar-refractivity contribution in [2.45, 2.75) is 142 Å². The van der Waals surface area contributed by atoms with Gasteiger partial charge in [0.05, 0.1) is 27.6 Å². The van der Waals surface area contributed by atoms with E-state index in [1.165, 1.54) is 4.90 Å². The van der Waals surface area contributed by atoms with Gasteiger partial charge >= 0.3 is 6.01 Å². The first-order valence-corrected chi connectivity index (χ1v) is 30.2. The average molecular weight is 1120 g/mol. The van der Waals surface area contributed by atoms with Crippen molar-refractivity contribution in [3.8, 4) is 33.5 Å². The predicted molar refractivity (Wildman–Crippen MR) is 314 cm³/mol. The number of halogens is 1. The summed E-state index contributed by atoms with van der Waals surface area (Å²) in [6, 6.07) is 16.4. The van der Waals surface area contributed by atoms with Crippen molar-refractivity contribution in [3.63, 3.8) is 0 Å². The Hall–Kier alpha value is -6.38. The lowest BCUT2D eigenvalue weighted by atomic mass is 9.85. The summed E-state index contributed by atoms with van der Waals surface area (Å²) in [6.45, 7) is 16.2. The molecule has 5 N–H and O–H groups in total. The maximum atomic E-state index is 17.2. The number of amides is 3. The number of benzene rings is 3. The third kappa shape index (κ3) is 12.5. The number of aryl methyl sites for hydroxylation is 2. The minimum absolute atomic E-state index is 0.0197. The van der Waals surface area contributed by atoms with Gasteiger partial charge in [0.15, 0.2) is 5.82 Å². The molecule has 0 spiro atoms. The molecule has 81 heavy (non-hydrogen) atoms. The van der Waals surface area contributed by atoms with Gasteiger partial charge in [-0.05, 0) is 135 Å². The minimum atomic E-state index is -0.884. The van der Waals surface area contributed by atoms with Gasteiger partial charge in [-0.15, -0.1) is 11.3 Å². The Balaban J connectivity index is 0.671. The van der Waals surface area contributed by atoms with E-state index in [0.29, 0.717) is 47.9 Å². The fourth-order valence-electron chi connectivity index (χ4n) is 13.1. The van der Waals surface area contributed by atoms with Crippen LogP contribution in [0.4, 0.5) is 10.2 Å². The molecule has 2 bridgehead atoms. The molecule has 11 rings (SSSR count). The van der Waals surface area contributed by atoms with E-state index in [1.807, 2.05) is 75.7 Å². The number of phenolic OH excluding ortho intramolecular Hbond substituents is 1. The molecule has 3 aromatic carbocycles. The van der Waals surface area contributed by atoms with Crippen molar-refractivity contribution in [2.75, 3.05) is 63.9 Å². The largest absolute Gasteiger partial charge is 0.508 e. The topological polar surface area (TPSA) is 202 Å². The summed E-state index contributed by atoms with van der Waals surface area (Å²) in [5, 5.41) is 33.5. The summed E-state index contributed by atoms with van der Waals surface area (Å²) in [4.78, 5) is 70.0. The quantitative estimate of drug-likeness (QED) is 0.0559. The van der Waals surface area contributed by atoms with Gasteiger partial charge in [-0.1, -0.05) is 70.2 Å². The molecule has 430 valence electrons. The number of ether oxygens (including phenoxy) is 1. The number of piperidine rings is 1. The zero-order chi connectivity index (χ0) is 56.5. The van der Waals surface area contributed by atoms with Crippen LogP contribution in [0.15, 0.2) is 66.3 Å². The van der Waals surface area contributed by atoms with Crippen molar-refractivity contribution in [2.24, 2.45) is 11.3 Å². The van der Waals surface area contributed by atoms with Gasteiger partial charge in [0.1, 0.15) is 41.5 Å². The van der Waals surface area contributed by atoms with Gasteiger partial charge in [0.25, 0.3) is 0 Å². The number of aromatic hydroxyl groups is 1. The molecule has 6 aromatic rings. The molecular weight excluding hydrogens is 1050 g/mol. The smallest absolute Gasteiger partial charge is 0.319 e. The van der Waals surface area contributed by atoms with Crippen LogP contribution in [-0.2, 0) is 27.3 Å². The fraction of sp³-hybridized carbons (Fsp3) is 0.532. The highest BCUT2D eigenvalue weighted by atomic mass is 32.1. The molecule has 0 radical (unpaired) electrons. The number of rotatable bonds is 18. The second-order valence-electron chi connectivity index (χ2n) is 24.3. The molecule has 19 heteroatoms. The van der Waals surface area contributed by atoms with Crippen LogP contribution in [0.3, 0.4) is 0 Å². The molecule has 6 atom stereocenters. The van der Waals surface area contributed by atoms with Crippen LogP contribution in [0.1, 0.15) is 102 Å². The Kier molecular flexibility index (Phi) is 16.9. The predicted octanol–water partition coefficient (Wildman–Crippen LogP) is 7.77. The SMILES string of the molecule is CCc1cccc2cc(O)cc(-c3ncc4c(N5CC6CCC(C5)N6)nc(OC[C@@H]5CCCN5CCC5CCN(CCC(=O)N[C@H](C(=O)N6C[C@H](O)C[C@H]6C(=O)NCc6ccc(-c7scnc7C)cc6)C(C)(C)C)CC5)nc4c3F)c12. The van der Waals surface area contributed by atoms with Crippen LogP contribution >= 0.6 is 11.3 Å². The third-order valence-corrected chi connectivity index (χ3v) is 18.6. The van der Waals surface area contributed by atoms with E-state index >= 15 is 4.39 Å². The van der Waals surface area contributed by atoms with Gasteiger partial charge in [-0.2, -0.15) is 9.97 Å². The van der Waals surface area contributed by atoms with Gasteiger partial charge in [-0.25, -0.2) is 9.37 Å². The van der Waals surface area contributed by atoms with E-state index in [0.717, 1.165) is 129 Å². The zero-order valence-electron chi connectivity index (χ0n) is 47.4. The average Bonchev–Trinajstić information content (AvgIpc) is 4.38. The lowest BCUT2D eigenvalue weighted by Gasteiger charge is -2.36. The summed E-state index contributed by atoms with van der Waals surface area (Å²) in [5.74, 6) is -0.269. The zero-order valence-corrected chi connectivity index (χ0v) is 48.2. The summed E-state index contributed by atoms with van der Waals surface area (Å²) in [6.07, 6.45) is 9.26. The number of aromatic nitrogens is 4. The molecular formula is C62H78FN11O6S. The normalized spacial score (nSPS) is 22.2. The minimum Gasteiger partial charge on any atom is -0.508 e. The van der Waals surface area contributed by atoms with E-state index in [2.05, 4.69) is 42.6 Å². The molecule has 0 aliphatic carbocycles. The Labute approximate surface area is 478 Å². The monoisotopic (exact) mass is 1120 g/mol. The van der Waals surface area contributed by atoms with Gasteiger partial charge in [0.2, 0.25) is 17.7 Å². The van der Waals surface area contributed by atoms with Crippen molar-refractivity contribution >= 4 is 56.6 Å². The molecule has 3 amide bonds. The molecule has 5 aliphatic heterocycles. The summed E-state index contributed by atoms with van der Waals surface area (Å²) < 4.78 is 23.8. The number of carbonyl (C=O) groups excluding carboxylic acids is 3. The maximum absolute atomic E-state index is 17.2. The number of hydrogen-bond acceptors (Lipinski definition) is 15. The number of fused-ring (bicyclic) bond motifs is 4. The number of likely N-dealkylation sites (tertiary alicyclic amines) is 3. The van der Waals surface area contributed by atoms with Crippen LogP contribution < -0.4 is 25.6 Å². The highest BCUT2D eigenvalue weighted by Crippen LogP contribution is 2.40. The Morgan fingerprint density at radius 3 is 2.46 bits per heavy atom. The number of nitrogens with one attached hydrogen (secondary N) is 3. The molecule has 2 unspecified atom stereocenters. The molecule has 5 fully saturated rings. The number of aliphatic hydroxyl groups is 1. The van der Waals surface area contributed by atoms with Crippen LogP contribution in [0.2, 0.25) is 0 Å². The van der Waals surface area contributed by atoms with Crippen LogP contribution in [-0.4, -0.2) is 158 Å². The van der Waals surface area contributed by atoms with Gasteiger partial charge in [0, 0.05) is 75.5 Å². The Bertz CT molecular complexity index is 3240. The standard InChI is InChI=1S/C62H78FN11O6S/c1-6-40-9-7-10-42-27-46(75)28-48(52(40)42)54-53(63)55-49(31-64-54)58(73-32-43-16-17-44(33-73)67-43)70-61(69-55)80-35-45-11-8-22-72(45)26-20-38-18-23-71(24-19-38)25-21-51(77)68-57(62(3,4)5)60(79)74-34-47(76)29-50(74)59(78)65-30-39-12-14-41(15-13-39)56-37(2)66-36-81-56/h7,9-10,12-15,27-28,31,36,38,43-45,47,50,57,67,75-76H,6,8,11,16-26,29-30,32-35H2,1-5H3,(H,65,78)(H,68,77)/t43?,44?,45-,47+,50-,57+/m0/s1. The first-order valence-electron chi connectivity index (χ1n) is 29.3. The number of thiazole rings is 1.